The molecule has 4 heteroatoms. The molecular formula is C18H24NO3+. The van der Waals surface area contributed by atoms with Crippen LogP contribution >= 0.6 is 0 Å². The third kappa shape index (κ3) is 4.72. The maximum Gasteiger partial charge on any atom is 0.303 e. The van der Waals surface area contributed by atoms with E-state index in [2.05, 4.69) is 35.0 Å². The molecule has 0 saturated heterocycles. The van der Waals surface area contributed by atoms with Crippen LogP contribution in [0.15, 0.2) is 36.5 Å². The molecule has 0 fully saturated rings. The summed E-state index contributed by atoms with van der Waals surface area (Å²) in [6, 6.07) is 10.3. The number of carboxylic acids is 1. The third-order valence-electron chi connectivity index (χ3n) is 3.88. The summed E-state index contributed by atoms with van der Waals surface area (Å²) in [7, 11) is 1.68. The zero-order chi connectivity index (χ0) is 15.8. The number of hydrogen-bond donors (Lipinski definition) is 1. The van der Waals surface area contributed by atoms with Gasteiger partial charge in [0, 0.05) is 25.0 Å². The quantitative estimate of drug-likeness (QED) is 0.569. The Bertz CT molecular complexity index is 625. The number of unbranched alkanes of at least 4 members (excludes halogenated alkanes) is 4. The van der Waals surface area contributed by atoms with E-state index in [0.29, 0.717) is 6.42 Å². The van der Waals surface area contributed by atoms with Gasteiger partial charge in [0.25, 0.3) is 0 Å². The van der Waals surface area contributed by atoms with Crippen LogP contribution in [0.2, 0.25) is 0 Å². The maximum atomic E-state index is 10.4. The van der Waals surface area contributed by atoms with E-state index in [0.717, 1.165) is 44.4 Å². The lowest BCUT2D eigenvalue weighted by atomic mass is 10.1. The number of rotatable bonds is 9. The molecular weight excluding hydrogens is 278 g/mol. The van der Waals surface area contributed by atoms with E-state index in [1.54, 1.807) is 7.11 Å². The SMILES string of the molecule is COc1ccc2c(ccc[n+]2CCCCCCCC(=O)O)c1. The Hall–Kier alpha value is -2.10. The van der Waals surface area contributed by atoms with Gasteiger partial charge >= 0.3 is 5.97 Å². The van der Waals surface area contributed by atoms with Gasteiger partial charge in [0.15, 0.2) is 6.20 Å². The van der Waals surface area contributed by atoms with Crippen LogP contribution < -0.4 is 9.30 Å². The molecule has 118 valence electrons. The Balaban J connectivity index is 1.83. The molecule has 0 bridgehead atoms. The van der Waals surface area contributed by atoms with E-state index in [1.165, 1.54) is 10.9 Å². The first-order valence-electron chi connectivity index (χ1n) is 7.89. The number of nitrogens with zero attached hydrogens (tertiary/aromatic N) is 1. The van der Waals surface area contributed by atoms with Crippen LogP contribution in [0.3, 0.4) is 0 Å². The van der Waals surface area contributed by atoms with E-state index >= 15 is 0 Å². The van der Waals surface area contributed by atoms with Gasteiger partial charge < -0.3 is 9.84 Å². The fourth-order valence-corrected chi connectivity index (χ4v) is 2.67. The molecule has 1 aromatic heterocycles. The van der Waals surface area contributed by atoms with Gasteiger partial charge in [-0.15, -0.1) is 0 Å². The number of benzene rings is 1. The second kappa shape index (κ2) is 8.37. The largest absolute Gasteiger partial charge is 0.497 e. The first-order chi connectivity index (χ1) is 10.7. The number of fused-ring (bicyclic) bond motifs is 1. The van der Waals surface area contributed by atoms with Crippen LogP contribution in [0.25, 0.3) is 10.9 Å². The third-order valence-corrected chi connectivity index (χ3v) is 3.88. The van der Waals surface area contributed by atoms with Crippen LogP contribution in [0.4, 0.5) is 0 Å². The average molecular weight is 302 g/mol. The average Bonchev–Trinajstić information content (AvgIpc) is 2.53. The summed E-state index contributed by atoms with van der Waals surface area (Å²) >= 11 is 0. The molecule has 0 aliphatic heterocycles. The van der Waals surface area contributed by atoms with Gasteiger partial charge in [0.1, 0.15) is 12.3 Å². The number of aliphatic carboxylic acids is 1. The number of hydrogen-bond acceptors (Lipinski definition) is 2. The van der Waals surface area contributed by atoms with Crippen LogP contribution in [-0.4, -0.2) is 18.2 Å². The fourth-order valence-electron chi connectivity index (χ4n) is 2.67. The Morgan fingerprint density at radius 1 is 1.14 bits per heavy atom. The minimum atomic E-state index is -0.693. The molecule has 0 unspecified atom stereocenters. The van der Waals surface area contributed by atoms with Crippen molar-refractivity contribution in [2.45, 2.75) is 45.1 Å². The molecule has 0 aliphatic carbocycles. The van der Waals surface area contributed by atoms with Crippen molar-refractivity contribution in [1.82, 2.24) is 0 Å². The van der Waals surface area contributed by atoms with E-state index in [-0.39, 0.29) is 0 Å². The smallest absolute Gasteiger partial charge is 0.303 e. The molecule has 1 N–H and O–H groups in total. The molecule has 22 heavy (non-hydrogen) atoms. The maximum absolute atomic E-state index is 10.4. The lowest BCUT2D eigenvalue weighted by Gasteiger charge is -2.04. The van der Waals surface area contributed by atoms with Crippen LogP contribution in [0.5, 0.6) is 5.75 Å². The minimum Gasteiger partial charge on any atom is -0.497 e. The Morgan fingerprint density at radius 2 is 1.91 bits per heavy atom. The van der Waals surface area contributed by atoms with Crippen molar-refractivity contribution in [1.29, 1.82) is 0 Å². The van der Waals surface area contributed by atoms with E-state index < -0.39 is 5.97 Å². The highest BCUT2D eigenvalue weighted by atomic mass is 16.5. The first-order valence-corrected chi connectivity index (χ1v) is 7.89. The van der Waals surface area contributed by atoms with Gasteiger partial charge in [-0.3, -0.25) is 4.79 Å². The van der Waals surface area contributed by atoms with Gasteiger partial charge in [0.2, 0.25) is 5.52 Å². The van der Waals surface area contributed by atoms with Crippen molar-refractivity contribution in [3.8, 4) is 5.75 Å². The predicted molar refractivity (Wildman–Crippen MR) is 86.0 cm³/mol. The van der Waals surface area contributed by atoms with Crippen molar-refractivity contribution in [2.24, 2.45) is 0 Å². The summed E-state index contributed by atoms with van der Waals surface area (Å²) in [5, 5.41) is 9.77. The minimum absolute atomic E-state index is 0.292. The highest BCUT2D eigenvalue weighted by Gasteiger charge is 2.08. The van der Waals surface area contributed by atoms with E-state index in [1.807, 2.05) is 6.07 Å². The number of aromatic nitrogens is 1. The molecule has 0 aliphatic rings. The van der Waals surface area contributed by atoms with Crippen molar-refractivity contribution in [2.75, 3.05) is 7.11 Å². The predicted octanol–water partition coefficient (Wildman–Crippen LogP) is 3.56. The van der Waals surface area contributed by atoms with E-state index in [9.17, 15) is 4.79 Å². The van der Waals surface area contributed by atoms with Crippen LogP contribution in [-0.2, 0) is 11.3 Å². The number of ether oxygens (including phenoxy) is 1. The summed E-state index contributed by atoms with van der Waals surface area (Å²) < 4.78 is 7.53. The summed E-state index contributed by atoms with van der Waals surface area (Å²) in [6.45, 7) is 0.989. The lowest BCUT2D eigenvalue weighted by Crippen LogP contribution is -2.33. The van der Waals surface area contributed by atoms with Gasteiger partial charge in [0.05, 0.1) is 12.5 Å². The second-order valence-corrected chi connectivity index (χ2v) is 5.54. The zero-order valence-corrected chi connectivity index (χ0v) is 13.1. The standard InChI is InChI=1S/C18H23NO3/c1-22-16-10-11-17-15(14-16)8-7-13-19(17)12-6-4-2-3-5-9-18(20)21/h7-8,10-11,13-14H,2-6,9,12H2,1H3/p+1. The summed E-state index contributed by atoms with van der Waals surface area (Å²) in [5.41, 5.74) is 1.22. The number of methoxy groups -OCH3 is 1. The number of carbonyl (C=O) groups is 1. The monoisotopic (exact) mass is 302 g/mol. The number of pyridine rings is 1. The van der Waals surface area contributed by atoms with Crippen molar-refractivity contribution in [3.05, 3.63) is 36.5 Å². The fraction of sp³-hybridized carbons (Fsp3) is 0.444. The summed E-state index contributed by atoms with van der Waals surface area (Å²) in [5.74, 6) is 0.186. The van der Waals surface area contributed by atoms with Crippen molar-refractivity contribution >= 4 is 16.9 Å². The van der Waals surface area contributed by atoms with Crippen molar-refractivity contribution < 1.29 is 19.2 Å². The molecule has 0 radical (unpaired) electrons. The van der Waals surface area contributed by atoms with Crippen LogP contribution in [0, 0.1) is 0 Å². The van der Waals surface area contributed by atoms with Gasteiger partial charge in [-0.1, -0.05) is 12.8 Å². The van der Waals surface area contributed by atoms with Gasteiger partial charge in [-0.05, 0) is 31.0 Å². The van der Waals surface area contributed by atoms with Gasteiger partial charge in [-0.2, -0.15) is 4.57 Å². The topological polar surface area (TPSA) is 50.4 Å². The molecule has 2 rings (SSSR count). The normalized spacial score (nSPS) is 10.8. The molecule has 1 heterocycles. The molecule has 1 aromatic carbocycles. The Kier molecular flexibility index (Phi) is 6.19. The summed E-state index contributed by atoms with van der Waals surface area (Å²) in [6.07, 6.45) is 7.55. The highest BCUT2D eigenvalue weighted by Crippen LogP contribution is 2.17. The van der Waals surface area contributed by atoms with Crippen LogP contribution in [0.1, 0.15) is 38.5 Å². The molecule has 4 nitrogen and oxygen atoms in total. The second-order valence-electron chi connectivity index (χ2n) is 5.54. The van der Waals surface area contributed by atoms with Crippen molar-refractivity contribution in [3.63, 3.8) is 0 Å². The number of aryl methyl sites for hydroxylation is 1. The lowest BCUT2D eigenvalue weighted by molar-refractivity contribution is -0.671. The molecule has 0 saturated carbocycles. The molecule has 2 aromatic rings. The first kappa shape index (κ1) is 16.3. The number of carboxylic acid groups (broad SMARTS) is 1. The molecule has 0 amide bonds. The zero-order valence-electron chi connectivity index (χ0n) is 13.1. The molecule has 0 spiro atoms. The van der Waals surface area contributed by atoms with Gasteiger partial charge in [-0.25, -0.2) is 0 Å². The Morgan fingerprint density at radius 3 is 2.68 bits per heavy atom. The van der Waals surface area contributed by atoms with E-state index in [4.69, 9.17) is 9.84 Å². The Labute approximate surface area is 131 Å². The summed E-state index contributed by atoms with van der Waals surface area (Å²) in [4.78, 5) is 10.4. The molecule has 0 atom stereocenters. The highest BCUT2D eigenvalue weighted by molar-refractivity contribution is 5.77.